The molecule has 70 heavy (non-hydrogen) atoms. The summed E-state index contributed by atoms with van der Waals surface area (Å²) in [6.07, 6.45) is 17.6. The molecule has 2 amide bonds. The van der Waals surface area contributed by atoms with Gasteiger partial charge in [-0.15, -0.1) is 20.4 Å². The van der Waals surface area contributed by atoms with Crippen LogP contribution in [0.15, 0.2) is 127 Å². The molecule has 2 unspecified atom stereocenters. The number of pyridine rings is 2. The van der Waals surface area contributed by atoms with E-state index in [-0.39, 0.29) is 47.7 Å². The largest absolute Gasteiger partial charge is 0.496 e. The van der Waals surface area contributed by atoms with E-state index < -0.39 is 7.12 Å². The van der Waals surface area contributed by atoms with Crippen LogP contribution in [-0.2, 0) is 44.7 Å². The molecule has 3 fully saturated rings. The summed E-state index contributed by atoms with van der Waals surface area (Å²) < 4.78 is 30.7. The smallest absolute Gasteiger partial charge is 0.442 e. The quantitative estimate of drug-likeness (QED) is 0.186. The van der Waals surface area contributed by atoms with Crippen LogP contribution < -0.4 is 15.3 Å². The molecule has 354 valence electrons. The van der Waals surface area contributed by atoms with Crippen LogP contribution in [0.3, 0.4) is 0 Å². The number of hydrogen-bond donors (Lipinski definition) is 0. The number of fused-ring (bicyclic) bond motifs is 6. The number of hydrogen-bond acceptors (Lipinski definition) is 16. The van der Waals surface area contributed by atoms with Gasteiger partial charge in [0.1, 0.15) is 12.2 Å². The summed E-state index contributed by atoms with van der Waals surface area (Å²) >= 11 is 3.47. The first-order valence-corrected chi connectivity index (χ1v) is 23.3. The number of carbonyl (C=O) groups excluding carboxylic acids is 2. The van der Waals surface area contributed by atoms with Crippen molar-refractivity contribution in [3.05, 3.63) is 138 Å². The maximum Gasteiger partial charge on any atom is 0.496 e. The molecule has 8 aromatic rings. The van der Waals surface area contributed by atoms with E-state index in [1.54, 1.807) is 84.3 Å². The Hall–Kier alpha value is -7.70. The second kappa shape index (κ2) is 18.0. The van der Waals surface area contributed by atoms with Gasteiger partial charge in [0, 0.05) is 40.3 Å². The van der Waals surface area contributed by atoms with E-state index in [2.05, 4.69) is 79.3 Å². The van der Waals surface area contributed by atoms with Crippen molar-refractivity contribution >= 4 is 52.1 Å². The minimum atomic E-state index is -0.391. The summed E-state index contributed by atoms with van der Waals surface area (Å²) in [5.41, 5.74) is 6.40. The van der Waals surface area contributed by atoms with Gasteiger partial charge in [-0.3, -0.25) is 9.80 Å². The predicted octanol–water partition coefficient (Wildman–Crippen LogP) is 4.82. The van der Waals surface area contributed by atoms with Gasteiger partial charge in [-0.1, -0.05) is 48.9 Å². The fourth-order valence-electron chi connectivity index (χ4n) is 9.05. The second-order valence-electron chi connectivity index (χ2n) is 18.1. The molecule has 3 saturated heterocycles. The number of anilines is 2. The topological polar surface area (TPSA) is 226 Å². The summed E-state index contributed by atoms with van der Waals surface area (Å²) in [5, 5.41) is 30.9. The number of amides is 2. The molecular weight excluding hydrogens is 963 g/mol. The van der Waals surface area contributed by atoms with Crippen molar-refractivity contribution < 1.29 is 28.4 Å². The molecule has 4 atom stereocenters. The van der Waals surface area contributed by atoms with Crippen molar-refractivity contribution in [2.45, 2.75) is 89.1 Å². The highest BCUT2D eigenvalue weighted by Crippen LogP contribution is 2.42. The van der Waals surface area contributed by atoms with Crippen LogP contribution in [0.5, 0.6) is 0 Å². The summed E-state index contributed by atoms with van der Waals surface area (Å²) in [6.45, 7) is 9.15. The SMILES string of the molecule is CC1(C)OB(c2ccc(-n3ccnn3)nc2)OC1(C)C.O=C1O[C@@H](Cn2ccnn2)C2Cc3cc(-c4ccc(-n5ccnn5)nc4)ccc3N12.O=C1O[C@@H](Cn2ccnn2)C2Cc3cc(Br)ccc3N12. The summed E-state index contributed by atoms with van der Waals surface area (Å²) in [6, 6.07) is 19.8. The van der Waals surface area contributed by atoms with Crippen LogP contribution in [0.4, 0.5) is 21.0 Å². The lowest BCUT2D eigenvalue weighted by Crippen LogP contribution is -2.41. The van der Waals surface area contributed by atoms with Gasteiger partial charge in [0.2, 0.25) is 0 Å². The van der Waals surface area contributed by atoms with Gasteiger partial charge >= 0.3 is 19.3 Å². The molecule has 2 aromatic carbocycles. The maximum absolute atomic E-state index is 12.5. The Morgan fingerprint density at radius 1 is 0.600 bits per heavy atom. The highest BCUT2D eigenvalue weighted by atomic mass is 79.9. The van der Waals surface area contributed by atoms with Crippen molar-refractivity contribution in [2.75, 3.05) is 9.80 Å². The van der Waals surface area contributed by atoms with E-state index >= 15 is 0 Å². The fraction of sp³-hybridized carbons (Fsp3) is 0.304. The van der Waals surface area contributed by atoms with Gasteiger partial charge in [-0.05, 0) is 106 Å². The third-order valence-electron chi connectivity index (χ3n) is 13.3. The lowest BCUT2D eigenvalue weighted by Gasteiger charge is -2.32. The molecule has 0 bridgehead atoms. The van der Waals surface area contributed by atoms with Crippen LogP contribution in [0.1, 0.15) is 38.8 Å². The molecule has 22 nitrogen and oxygen atoms in total. The molecule has 0 aliphatic carbocycles. The summed E-state index contributed by atoms with van der Waals surface area (Å²) in [4.78, 5) is 36.9. The molecule has 0 radical (unpaired) electrons. The number of nitrogens with zero attached hydrogens (tertiary/aromatic N) is 16. The fourth-order valence-corrected chi connectivity index (χ4v) is 9.46. The van der Waals surface area contributed by atoms with Crippen molar-refractivity contribution in [3.8, 4) is 22.8 Å². The van der Waals surface area contributed by atoms with Crippen molar-refractivity contribution in [1.82, 2.24) is 69.9 Å². The van der Waals surface area contributed by atoms with Gasteiger partial charge in [0.15, 0.2) is 11.6 Å². The lowest BCUT2D eigenvalue weighted by atomic mass is 9.80. The molecule has 0 saturated carbocycles. The Kier molecular flexibility index (Phi) is 11.5. The third-order valence-corrected chi connectivity index (χ3v) is 13.8. The van der Waals surface area contributed by atoms with Crippen molar-refractivity contribution in [1.29, 1.82) is 0 Å². The van der Waals surface area contributed by atoms with Gasteiger partial charge in [-0.25, -0.2) is 38.3 Å². The third kappa shape index (κ3) is 8.57. The van der Waals surface area contributed by atoms with E-state index in [0.29, 0.717) is 24.7 Å². The highest BCUT2D eigenvalue weighted by Gasteiger charge is 2.52. The van der Waals surface area contributed by atoms with E-state index in [1.807, 2.05) is 82.4 Å². The first-order chi connectivity index (χ1) is 33.9. The Morgan fingerprint density at radius 2 is 1.10 bits per heavy atom. The number of halogens is 1. The van der Waals surface area contributed by atoms with Crippen LogP contribution >= 0.6 is 15.9 Å². The van der Waals surface area contributed by atoms with Gasteiger partial charge in [0.05, 0.1) is 84.9 Å². The standard InChI is InChI=1S/C20H16N8O2.C13H17BN4O2.C13H11BrN4O2/c29-20-28-16-3-1-13(14-2-4-19(21-11-14)27-8-6-23-25-27)9-15(16)10-17(28)18(30-20)12-26-7-5-22-24-26;1-12(2)13(3,4)20-14(19-12)10-5-6-11(15-9-10)18-8-7-16-17-18;14-9-1-2-10-8(5-9)6-11-12(20-13(19)18(10)11)7-17-4-3-15-16-17/h1-9,11,17-18H,10,12H2;5-9H,1-4H3;1-5,11-12H,6-7H2/t17?,18-;;11?,12-/m0.0/s1. The van der Waals surface area contributed by atoms with E-state index in [9.17, 15) is 9.59 Å². The number of cyclic esters (lactones) is 2. The minimum Gasteiger partial charge on any atom is -0.442 e. The Bertz CT molecular complexity index is 3110. The molecular formula is C46H44BBrN16O6. The lowest BCUT2D eigenvalue weighted by molar-refractivity contribution is 0.00578. The molecule has 5 aliphatic rings. The summed E-state index contributed by atoms with van der Waals surface area (Å²) in [5.74, 6) is 1.42. The van der Waals surface area contributed by atoms with Crippen LogP contribution in [-0.4, -0.2) is 125 Å². The van der Waals surface area contributed by atoms with Crippen LogP contribution in [0, 0.1) is 0 Å². The van der Waals surface area contributed by atoms with Crippen LogP contribution in [0.25, 0.3) is 22.8 Å². The Balaban J connectivity index is 0.000000118. The van der Waals surface area contributed by atoms with Crippen LogP contribution in [0.2, 0.25) is 0 Å². The molecule has 0 N–H and O–H groups in total. The van der Waals surface area contributed by atoms with Gasteiger partial charge in [-0.2, -0.15) is 0 Å². The second-order valence-corrected chi connectivity index (χ2v) is 19.0. The molecule has 11 heterocycles. The van der Waals surface area contributed by atoms with E-state index in [4.69, 9.17) is 18.8 Å². The summed E-state index contributed by atoms with van der Waals surface area (Å²) in [7, 11) is -0.391. The first kappa shape index (κ1) is 44.8. The average Bonchev–Trinajstić information content (AvgIpc) is 4.20. The number of rotatable bonds is 8. The van der Waals surface area contributed by atoms with E-state index in [1.165, 1.54) is 5.56 Å². The molecule has 13 rings (SSSR count). The van der Waals surface area contributed by atoms with Gasteiger partial charge < -0.3 is 18.8 Å². The normalized spacial score (nSPS) is 21.0. The number of carbonyl (C=O) groups is 2. The number of benzene rings is 2. The average molecular weight is 1010 g/mol. The number of aromatic nitrogens is 14. The number of ether oxygens (including phenoxy) is 2. The minimum absolute atomic E-state index is 0.0380. The predicted molar refractivity (Wildman–Crippen MR) is 254 cm³/mol. The Morgan fingerprint density at radius 3 is 1.59 bits per heavy atom. The zero-order valence-electron chi connectivity index (χ0n) is 38.2. The maximum atomic E-state index is 12.5. The molecule has 0 spiro atoms. The first-order valence-electron chi connectivity index (χ1n) is 22.5. The van der Waals surface area contributed by atoms with Gasteiger partial charge in [0.25, 0.3) is 0 Å². The Labute approximate surface area is 408 Å². The molecule has 6 aromatic heterocycles. The van der Waals surface area contributed by atoms with Crippen molar-refractivity contribution in [3.63, 3.8) is 0 Å². The monoisotopic (exact) mass is 1010 g/mol. The molecule has 24 heteroatoms. The zero-order chi connectivity index (χ0) is 48.1. The molecule has 5 aliphatic heterocycles. The van der Waals surface area contributed by atoms with E-state index in [0.717, 1.165) is 50.8 Å². The highest BCUT2D eigenvalue weighted by molar-refractivity contribution is 9.10. The van der Waals surface area contributed by atoms with Crippen molar-refractivity contribution in [2.24, 2.45) is 0 Å². The zero-order valence-corrected chi connectivity index (χ0v) is 39.8.